The summed E-state index contributed by atoms with van der Waals surface area (Å²) in [6, 6.07) is 17.4. The van der Waals surface area contributed by atoms with Crippen LogP contribution < -0.4 is 0 Å². The maximum atomic E-state index is 8.63. The van der Waals surface area contributed by atoms with E-state index in [9.17, 15) is 0 Å². The van der Waals surface area contributed by atoms with Crippen molar-refractivity contribution in [3.63, 3.8) is 0 Å². The van der Waals surface area contributed by atoms with E-state index in [1.54, 1.807) is 48.5 Å². The van der Waals surface area contributed by atoms with Crippen LogP contribution in [0.4, 0.5) is 0 Å². The highest BCUT2D eigenvalue weighted by Gasteiger charge is 1.75. The lowest BCUT2D eigenvalue weighted by Gasteiger charge is -1.82. The van der Waals surface area contributed by atoms with E-state index in [1.807, 2.05) is 12.1 Å². The van der Waals surface area contributed by atoms with Crippen LogP contribution in [0.2, 0.25) is 0 Å². The van der Waals surface area contributed by atoms with E-state index in [2.05, 4.69) is 0 Å². The SMILES string of the molecule is Oc1ccccc1.Oc1ccccc1.[C-]#N. The minimum atomic E-state index is 0.322. The summed E-state index contributed by atoms with van der Waals surface area (Å²) in [7, 11) is 0. The summed E-state index contributed by atoms with van der Waals surface area (Å²) in [5.74, 6) is 0.644. The molecule has 0 saturated carbocycles. The van der Waals surface area contributed by atoms with Gasteiger partial charge in [-0.1, -0.05) is 36.4 Å². The summed E-state index contributed by atoms with van der Waals surface area (Å²) in [6.45, 7) is 4.75. The first-order valence-electron chi connectivity index (χ1n) is 4.49. The summed E-state index contributed by atoms with van der Waals surface area (Å²) in [5.41, 5.74) is 0. The van der Waals surface area contributed by atoms with Gasteiger partial charge in [-0.25, -0.2) is 0 Å². The Bertz CT molecular complexity index is 347. The topological polar surface area (TPSA) is 64.2 Å². The van der Waals surface area contributed by atoms with E-state index in [1.165, 1.54) is 0 Å². The average Bonchev–Trinajstić information content (AvgIpc) is 2.34. The van der Waals surface area contributed by atoms with Crippen LogP contribution in [0.5, 0.6) is 11.5 Å². The first kappa shape index (κ1) is 13.5. The van der Waals surface area contributed by atoms with E-state index < -0.39 is 0 Å². The number of para-hydroxylation sites is 2. The molecule has 3 nitrogen and oxygen atoms in total. The monoisotopic (exact) mass is 214 g/mol. The second-order valence-corrected chi connectivity index (χ2v) is 2.67. The molecule has 0 aromatic heterocycles. The lowest BCUT2D eigenvalue weighted by atomic mass is 10.3. The van der Waals surface area contributed by atoms with Crippen LogP contribution in [0.1, 0.15) is 0 Å². The van der Waals surface area contributed by atoms with Crippen molar-refractivity contribution in [3.05, 3.63) is 67.2 Å². The van der Waals surface area contributed by atoms with E-state index >= 15 is 0 Å². The van der Waals surface area contributed by atoms with Gasteiger partial charge in [0.1, 0.15) is 11.5 Å². The summed E-state index contributed by atoms with van der Waals surface area (Å²) in [4.78, 5) is 0. The standard InChI is InChI=1S/2C6H6O.CN/c2*7-6-4-2-1-3-5-6;1-2/h2*1-5,7H;/q;;-1. The molecule has 82 valence electrons. The Balaban J connectivity index is 0.000000244. The molecule has 2 aromatic carbocycles. The van der Waals surface area contributed by atoms with Crippen molar-refractivity contribution in [2.75, 3.05) is 0 Å². The fourth-order valence-electron chi connectivity index (χ4n) is 0.856. The fourth-order valence-corrected chi connectivity index (χ4v) is 0.856. The third-order valence-corrected chi connectivity index (χ3v) is 1.51. The van der Waals surface area contributed by atoms with Crippen LogP contribution in [-0.4, -0.2) is 10.2 Å². The fraction of sp³-hybridized carbons (Fsp3) is 0. The van der Waals surface area contributed by atoms with Gasteiger partial charge in [-0.2, -0.15) is 0 Å². The molecular formula is C13H12NO2-. The van der Waals surface area contributed by atoms with E-state index in [0.717, 1.165) is 0 Å². The van der Waals surface area contributed by atoms with Crippen molar-refractivity contribution in [1.82, 2.24) is 0 Å². The lowest BCUT2D eigenvalue weighted by molar-refractivity contribution is 0.475. The van der Waals surface area contributed by atoms with Crippen molar-refractivity contribution in [2.45, 2.75) is 0 Å². The molecule has 0 fully saturated rings. The number of phenols is 2. The maximum Gasteiger partial charge on any atom is 0.115 e. The second-order valence-electron chi connectivity index (χ2n) is 2.67. The Morgan fingerprint density at radius 3 is 1.00 bits per heavy atom. The van der Waals surface area contributed by atoms with Crippen LogP contribution in [0.15, 0.2) is 60.7 Å². The Morgan fingerprint density at radius 1 is 0.625 bits per heavy atom. The smallest absolute Gasteiger partial charge is 0.115 e. The van der Waals surface area contributed by atoms with Crippen molar-refractivity contribution < 1.29 is 10.2 Å². The number of phenolic OH excluding ortho intramolecular Hbond substituents is 2. The highest BCUT2D eigenvalue weighted by molar-refractivity contribution is 5.19. The van der Waals surface area contributed by atoms with Crippen LogP contribution in [0, 0.1) is 11.8 Å². The molecule has 0 bridgehead atoms. The highest BCUT2D eigenvalue weighted by Crippen LogP contribution is 2.03. The number of nitrogens with zero attached hydrogens (tertiary/aromatic N) is 1. The molecule has 0 amide bonds. The molecule has 0 saturated heterocycles. The number of aromatic hydroxyl groups is 2. The van der Waals surface area contributed by atoms with Gasteiger partial charge in [-0.15, -0.1) is 0 Å². The third-order valence-electron chi connectivity index (χ3n) is 1.51. The third kappa shape index (κ3) is 6.98. The molecule has 0 aliphatic carbocycles. The van der Waals surface area contributed by atoms with Gasteiger partial charge in [0.15, 0.2) is 0 Å². The summed E-state index contributed by atoms with van der Waals surface area (Å²) in [6.07, 6.45) is 0. The van der Waals surface area contributed by atoms with E-state index in [4.69, 9.17) is 22.0 Å². The van der Waals surface area contributed by atoms with Crippen LogP contribution >= 0.6 is 0 Å². The Labute approximate surface area is 94.8 Å². The lowest BCUT2D eigenvalue weighted by Crippen LogP contribution is -1.56. The Morgan fingerprint density at radius 2 is 0.875 bits per heavy atom. The van der Waals surface area contributed by atoms with Crippen molar-refractivity contribution in [2.24, 2.45) is 0 Å². The Kier molecular flexibility index (Phi) is 7.69. The van der Waals surface area contributed by atoms with Crippen molar-refractivity contribution >= 4 is 0 Å². The van der Waals surface area contributed by atoms with E-state index in [-0.39, 0.29) is 0 Å². The van der Waals surface area contributed by atoms with Gasteiger partial charge in [0, 0.05) is 0 Å². The van der Waals surface area contributed by atoms with Gasteiger partial charge >= 0.3 is 0 Å². The molecule has 2 rings (SSSR count). The van der Waals surface area contributed by atoms with Gasteiger partial charge in [0.2, 0.25) is 0 Å². The zero-order valence-electron chi connectivity index (χ0n) is 8.62. The first-order valence-corrected chi connectivity index (χ1v) is 4.49. The zero-order chi connectivity index (χ0) is 12.2. The summed E-state index contributed by atoms with van der Waals surface area (Å²) >= 11 is 0. The molecule has 3 heteroatoms. The second kappa shape index (κ2) is 9.10. The van der Waals surface area contributed by atoms with Crippen LogP contribution in [0.25, 0.3) is 0 Å². The van der Waals surface area contributed by atoms with E-state index in [0.29, 0.717) is 11.5 Å². The Hall–Kier alpha value is -2.47. The van der Waals surface area contributed by atoms with Crippen LogP contribution in [-0.2, 0) is 0 Å². The largest absolute Gasteiger partial charge is 0.512 e. The zero-order valence-corrected chi connectivity index (χ0v) is 8.62. The molecule has 0 unspecified atom stereocenters. The normalized spacial score (nSPS) is 7.62. The number of hydrogen-bond acceptors (Lipinski definition) is 3. The minimum absolute atomic E-state index is 0.322. The van der Waals surface area contributed by atoms with Crippen molar-refractivity contribution in [1.29, 1.82) is 5.26 Å². The molecule has 16 heavy (non-hydrogen) atoms. The van der Waals surface area contributed by atoms with Gasteiger partial charge in [0.25, 0.3) is 0 Å². The minimum Gasteiger partial charge on any atom is -0.512 e. The van der Waals surface area contributed by atoms with Gasteiger partial charge in [-0.3, -0.25) is 0 Å². The molecular weight excluding hydrogens is 202 g/mol. The molecule has 0 atom stereocenters. The van der Waals surface area contributed by atoms with Gasteiger partial charge in [-0.05, 0) is 24.3 Å². The summed E-state index contributed by atoms with van der Waals surface area (Å²) < 4.78 is 0. The number of hydrogen-bond donors (Lipinski definition) is 2. The molecule has 0 aliphatic rings. The molecule has 2 aromatic rings. The van der Waals surface area contributed by atoms with Gasteiger partial charge < -0.3 is 22.0 Å². The quantitative estimate of drug-likeness (QED) is 0.663. The first-order chi connectivity index (χ1) is 7.79. The molecule has 2 N–H and O–H groups in total. The average molecular weight is 214 g/mol. The van der Waals surface area contributed by atoms with Gasteiger partial charge in [0.05, 0.1) is 0 Å². The molecule has 0 aliphatic heterocycles. The molecule has 0 radical (unpaired) electrons. The summed E-state index contributed by atoms with van der Waals surface area (Å²) in [5, 5.41) is 23.5. The van der Waals surface area contributed by atoms with Crippen molar-refractivity contribution in [3.8, 4) is 11.5 Å². The number of rotatable bonds is 0. The predicted octanol–water partition coefficient (Wildman–Crippen LogP) is 2.88. The number of benzene rings is 2. The predicted molar refractivity (Wildman–Crippen MR) is 61.2 cm³/mol. The van der Waals surface area contributed by atoms with Crippen LogP contribution in [0.3, 0.4) is 0 Å². The maximum absolute atomic E-state index is 8.63. The molecule has 0 spiro atoms. The molecule has 0 heterocycles. The highest BCUT2D eigenvalue weighted by atomic mass is 16.3.